The average Bonchev–Trinajstić information content (AvgIpc) is 3.30. The van der Waals surface area contributed by atoms with E-state index < -0.39 is 17.8 Å². The van der Waals surface area contributed by atoms with Crippen LogP contribution >= 0.6 is 0 Å². The second kappa shape index (κ2) is 12.2. The monoisotopic (exact) mass is 522 g/mol. The lowest BCUT2D eigenvalue weighted by atomic mass is 9.60. The molecule has 1 aromatic rings. The fraction of sp³-hybridized carbons (Fsp3) is 0.647. The SMILES string of the molecule is C=C1/C(=C\C=C2/CCC[C@]3(COCc4cccc(C(O)(CC)CC)c4)[C@@H](C(C)C)CC[C@@H]23)C[C@@H](O)C[C@@H]1O. The molecule has 0 bridgehead atoms. The second-order valence-electron chi connectivity index (χ2n) is 12.6. The maximum atomic E-state index is 11.0. The molecule has 0 aliphatic heterocycles. The van der Waals surface area contributed by atoms with Gasteiger partial charge in [0, 0.05) is 11.8 Å². The van der Waals surface area contributed by atoms with Crippen molar-refractivity contribution in [1.82, 2.24) is 0 Å². The molecule has 0 saturated heterocycles. The number of hydrogen-bond acceptors (Lipinski definition) is 4. The average molecular weight is 523 g/mol. The number of aliphatic hydroxyl groups is 3. The third kappa shape index (κ3) is 5.89. The van der Waals surface area contributed by atoms with E-state index >= 15 is 0 Å². The maximum absolute atomic E-state index is 11.0. The predicted octanol–water partition coefficient (Wildman–Crippen LogP) is 6.99. The number of benzene rings is 1. The zero-order valence-electron chi connectivity index (χ0n) is 24.1. The molecule has 0 aromatic heterocycles. The second-order valence-corrected chi connectivity index (χ2v) is 12.6. The predicted molar refractivity (Wildman–Crippen MR) is 154 cm³/mol. The van der Waals surface area contributed by atoms with Crippen molar-refractivity contribution >= 4 is 0 Å². The fourth-order valence-corrected chi connectivity index (χ4v) is 7.80. The van der Waals surface area contributed by atoms with Crippen LogP contribution in [0.3, 0.4) is 0 Å². The van der Waals surface area contributed by atoms with Crippen molar-refractivity contribution in [3.8, 4) is 0 Å². The molecular weight excluding hydrogens is 472 g/mol. The lowest BCUT2D eigenvalue weighted by Crippen LogP contribution is -2.42. The van der Waals surface area contributed by atoms with Crippen LogP contribution in [0, 0.1) is 23.2 Å². The van der Waals surface area contributed by atoms with Crippen molar-refractivity contribution in [2.45, 2.75) is 110 Å². The molecule has 0 unspecified atom stereocenters. The minimum atomic E-state index is -0.777. The third-order valence-corrected chi connectivity index (χ3v) is 10.1. The molecular formula is C34H50O4. The number of allylic oxidation sites excluding steroid dienone is 3. The first-order valence-corrected chi connectivity index (χ1v) is 15.0. The van der Waals surface area contributed by atoms with Crippen molar-refractivity contribution in [2.75, 3.05) is 6.61 Å². The number of fused-ring (bicyclic) bond motifs is 1. The molecule has 3 aliphatic carbocycles. The topological polar surface area (TPSA) is 69.9 Å². The lowest BCUT2D eigenvalue weighted by molar-refractivity contribution is -0.0343. The van der Waals surface area contributed by atoms with E-state index in [4.69, 9.17) is 4.74 Å². The Balaban J connectivity index is 1.53. The standard InChI is InChI=1S/C34H50O4/c1-6-34(37,7-2)28-12-8-10-25(18-28)21-38-22-33-17-9-11-26(31(33)16-15-30(33)23(3)4)13-14-27-19-29(35)20-32(36)24(27)5/h8,10,12-14,18,23,29-32,35-37H,5-7,9,11,15-17,19-22H2,1-4H3/b26-13+,27-14-/t29-,30-,31+,32+,33+/m1/s1. The maximum Gasteiger partial charge on any atom is 0.0891 e. The van der Waals surface area contributed by atoms with Gasteiger partial charge < -0.3 is 20.1 Å². The van der Waals surface area contributed by atoms with E-state index in [0.717, 1.165) is 35.3 Å². The molecule has 3 aliphatic rings. The molecule has 3 saturated carbocycles. The molecule has 0 spiro atoms. The number of aliphatic hydroxyl groups excluding tert-OH is 2. The van der Waals surface area contributed by atoms with Gasteiger partial charge >= 0.3 is 0 Å². The van der Waals surface area contributed by atoms with Gasteiger partial charge in [0.05, 0.1) is 31.0 Å². The van der Waals surface area contributed by atoms with E-state index in [-0.39, 0.29) is 5.41 Å². The summed E-state index contributed by atoms with van der Waals surface area (Å²) < 4.78 is 6.56. The Morgan fingerprint density at radius 1 is 1.16 bits per heavy atom. The van der Waals surface area contributed by atoms with Crippen LogP contribution < -0.4 is 0 Å². The van der Waals surface area contributed by atoms with Gasteiger partial charge in [0.2, 0.25) is 0 Å². The minimum absolute atomic E-state index is 0.143. The van der Waals surface area contributed by atoms with Crippen LogP contribution in [0.5, 0.6) is 0 Å². The minimum Gasteiger partial charge on any atom is -0.393 e. The van der Waals surface area contributed by atoms with Gasteiger partial charge in [-0.1, -0.05) is 76.3 Å². The summed E-state index contributed by atoms with van der Waals surface area (Å²) in [6, 6.07) is 8.30. The van der Waals surface area contributed by atoms with E-state index in [9.17, 15) is 15.3 Å². The van der Waals surface area contributed by atoms with Gasteiger partial charge in [0.25, 0.3) is 0 Å². The van der Waals surface area contributed by atoms with E-state index in [2.05, 4.69) is 44.7 Å². The van der Waals surface area contributed by atoms with Gasteiger partial charge in [-0.15, -0.1) is 0 Å². The van der Waals surface area contributed by atoms with Crippen LogP contribution in [-0.4, -0.2) is 34.1 Å². The van der Waals surface area contributed by atoms with Crippen molar-refractivity contribution in [3.63, 3.8) is 0 Å². The highest BCUT2D eigenvalue weighted by Gasteiger charge is 2.53. The quantitative estimate of drug-likeness (QED) is 0.327. The van der Waals surface area contributed by atoms with Crippen molar-refractivity contribution in [2.24, 2.45) is 23.2 Å². The van der Waals surface area contributed by atoms with Gasteiger partial charge in [0.15, 0.2) is 0 Å². The Labute approximate surface area is 230 Å². The van der Waals surface area contributed by atoms with Crippen LogP contribution in [0.25, 0.3) is 0 Å². The molecule has 3 N–H and O–H groups in total. The van der Waals surface area contributed by atoms with E-state index in [1.807, 2.05) is 26.0 Å². The molecule has 4 heteroatoms. The Kier molecular flexibility index (Phi) is 9.40. The zero-order chi connectivity index (χ0) is 27.5. The van der Waals surface area contributed by atoms with Crippen LogP contribution in [0.15, 0.2) is 59.7 Å². The Morgan fingerprint density at radius 2 is 1.92 bits per heavy atom. The molecule has 4 rings (SSSR count). The fourth-order valence-electron chi connectivity index (χ4n) is 7.80. The highest BCUT2D eigenvalue weighted by Crippen LogP contribution is 2.59. The first-order chi connectivity index (χ1) is 18.1. The van der Waals surface area contributed by atoms with Gasteiger partial charge in [0.1, 0.15) is 0 Å². The first kappa shape index (κ1) is 29.3. The molecule has 0 radical (unpaired) electrons. The van der Waals surface area contributed by atoms with Gasteiger partial charge in [-0.05, 0) is 91.4 Å². The summed E-state index contributed by atoms with van der Waals surface area (Å²) in [7, 11) is 0. The van der Waals surface area contributed by atoms with Crippen LogP contribution in [0.2, 0.25) is 0 Å². The van der Waals surface area contributed by atoms with Crippen LogP contribution in [-0.2, 0) is 16.9 Å². The molecule has 3 fully saturated rings. The summed E-state index contributed by atoms with van der Waals surface area (Å²) in [6.07, 6.45) is 11.5. The smallest absolute Gasteiger partial charge is 0.0891 e. The molecule has 5 atom stereocenters. The zero-order valence-corrected chi connectivity index (χ0v) is 24.1. The summed E-state index contributed by atoms with van der Waals surface area (Å²) >= 11 is 0. The molecule has 38 heavy (non-hydrogen) atoms. The van der Waals surface area contributed by atoms with Crippen LogP contribution in [0.4, 0.5) is 0 Å². The highest BCUT2D eigenvalue weighted by molar-refractivity contribution is 5.39. The molecule has 1 aromatic carbocycles. The summed E-state index contributed by atoms with van der Waals surface area (Å²) in [6.45, 7) is 14.2. The van der Waals surface area contributed by atoms with Gasteiger partial charge in [-0.2, -0.15) is 0 Å². The molecule has 210 valence electrons. The van der Waals surface area contributed by atoms with Gasteiger partial charge in [-0.25, -0.2) is 0 Å². The van der Waals surface area contributed by atoms with E-state index in [1.54, 1.807) is 0 Å². The summed E-state index contributed by atoms with van der Waals surface area (Å²) in [5.74, 6) is 1.75. The van der Waals surface area contributed by atoms with E-state index in [0.29, 0.717) is 50.0 Å². The van der Waals surface area contributed by atoms with Crippen LogP contribution in [0.1, 0.15) is 96.6 Å². The number of ether oxygens (including phenoxy) is 1. The summed E-state index contributed by atoms with van der Waals surface area (Å²) in [5, 5.41) is 31.5. The van der Waals surface area contributed by atoms with Crippen molar-refractivity contribution < 1.29 is 20.1 Å². The number of rotatable bonds is 9. The normalized spacial score (nSPS) is 32.4. The van der Waals surface area contributed by atoms with Crippen molar-refractivity contribution in [3.05, 3.63) is 70.8 Å². The molecule has 0 amide bonds. The number of hydrogen-bond donors (Lipinski definition) is 3. The van der Waals surface area contributed by atoms with Gasteiger partial charge in [-0.3, -0.25) is 0 Å². The molecule has 4 nitrogen and oxygen atoms in total. The molecule has 0 heterocycles. The van der Waals surface area contributed by atoms with E-state index in [1.165, 1.54) is 31.3 Å². The first-order valence-electron chi connectivity index (χ1n) is 15.0. The third-order valence-electron chi connectivity index (χ3n) is 10.1. The Hall–Kier alpha value is -1.72. The Morgan fingerprint density at radius 3 is 2.63 bits per heavy atom. The van der Waals surface area contributed by atoms with Crippen molar-refractivity contribution in [1.29, 1.82) is 0 Å². The summed E-state index contributed by atoms with van der Waals surface area (Å²) in [5.41, 5.74) is 4.70. The summed E-state index contributed by atoms with van der Waals surface area (Å²) in [4.78, 5) is 0. The Bertz CT molecular complexity index is 1030. The lowest BCUT2D eigenvalue weighted by Gasteiger charge is -2.46. The largest absolute Gasteiger partial charge is 0.393 e. The highest BCUT2D eigenvalue weighted by atomic mass is 16.5.